The smallest absolute Gasteiger partial charge is 0.272 e. The Bertz CT molecular complexity index is 945. The lowest BCUT2D eigenvalue weighted by molar-refractivity contribution is -0.156. The van der Waals surface area contributed by atoms with Crippen LogP contribution in [0.5, 0.6) is 5.75 Å². The van der Waals surface area contributed by atoms with Gasteiger partial charge in [-0.05, 0) is 23.8 Å². The Morgan fingerprint density at radius 1 is 1.11 bits per heavy atom. The number of hydrogen-bond acceptors (Lipinski definition) is 4. The lowest BCUT2D eigenvalue weighted by Gasteiger charge is -2.45. The quantitative estimate of drug-likeness (QED) is 0.736. The van der Waals surface area contributed by atoms with E-state index >= 15 is 0 Å². The van der Waals surface area contributed by atoms with Crippen LogP contribution in [0.15, 0.2) is 58.7 Å². The highest BCUT2D eigenvalue weighted by molar-refractivity contribution is 9.10. The molecule has 1 aliphatic rings. The highest BCUT2D eigenvalue weighted by Crippen LogP contribution is 2.33. The summed E-state index contributed by atoms with van der Waals surface area (Å²) in [5.41, 5.74) is 6.78. The van der Waals surface area contributed by atoms with E-state index in [2.05, 4.69) is 15.9 Å². The van der Waals surface area contributed by atoms with Crippen LogP contribution in [0.2, 0.25) is 0 Å². The molecule has 0 aromatic heterocycles. The van der Waals surface area contributed by atoms with Crippen LogP contribution in [0.3, 0.4) is 0 Å². The van der Waals surface area contributed by atoms with Gasteiger partial charge in [0.05, 0.1) is 7.11 Å². The SMILES string of the molecule is COc1cccc(Br)c1/C=C1/C(=O)N(C)C(N)(Cc2ccccc2)C(=O)N1C. The summed E-state index contributed by atoms with van der Waals surface area (Å²) >= 11 is 3.47. The van der Waals surface area contributed by atoms with E-state index in [-0.39, 0.29) is 23.9 Å². The number of benzene rings is 2. The fourth-order valence-electron chi connectivity index (χ4n) is 3.27. The average Bonchev–Trinajstić information content (AvgIpc) is 2.70. The Labute approximate surface area is 172 Å². The lowest BCUT2D eigenvalue weighted by atomic mass is 9.94. The van der Waals surface area contributed by atoms with Gasteiger partial charge in [-0.3, -0.25) is 9.59 Å². The van der Waals surface area contributed by atoms with E-state index in [0.717, 1.165) is 10.0 Å². The monoisotopic (exact) mass is 443 g/mol. The zero-order chi connectivity index (χ0) is 20.5. The average molecular weight is 444 g/mol. The number of carbonyl (C=O) groups is 2. The van der Waals surface area contributed by atoms with Gasteiger partial charge in [-0.2, -0.15) is 0 Å². The lowest BCUT2D eigenvalue weighted by Crippen LogP contribution is -2.71. The summed E-state index contributed by atoms with van der Waals surface area (Å²) in [4.78, 5) is 28.9. The van der Waals surface area contributed by atoms with Crippen molar-refractivity contribution in [3.63, 3.8) is 0 Å². The number of likely N-dealkylation sites (N-methyl/N-ethyl adjacent to an activating group) is 2. The van der Waals surface area contributed by atoms with Crippen LogP contribution in [0.1, 0.15) is 11.1 Å². The van der Waals surface area contributed by atoms with E-state index in [0.29, 0.717) is 11.3 Å². The van der Waals surface area contributed by atoms with Crippen molar-refractivity contribution < 1.29 is 14.3 Å². The second kappa shape index (κ2) is 7.77. The maximum atomic E-state index is 13.2. The van der Waals surface area contributed by atoms with Crippen molar-refractivity contribution in [2.24, 2.45) is 5.73 Å². The van der Waals surface area contributed by atoms with Gasteiger partial charge in [0, 0.05) is 30.6 Å². The molecule has 0 spiro atoms. The van der Waals surface area contributed by atoms with Gasteiger partial charge in [0.25, 0.3) is 11.8 Å². The number of piperazine rings is 1. The van der Waals surface area contributed by atoms with Crippen molar-refractivity contribution >= 4 is 33.8 Å². The van der Waals surface area contributed by atoms with E-state index in [1.807, 2.05) is 42.5 Å². The molecule has 0 aliphatic carbocycles. The predicted molar refractivity (Wildman–Crippen MR) is 111 cm³/mol. The van der Waals surface area contributed by atoms with Crippen LogP contribution in [0.4, 0.5) is 0 Å². The molecule has 6 nitrogen and oxygen atoms in total. The molecular weight excluding hydrogens is 422 g/mol. The zero-order valence-corrected chi connectivity index (χ0v) is 17.6. The first-order valence-corrected chi connectivity index (χ1v) is 9.52. The van der Waals surface area contributed by atoms with Crippen molar-refractivity contribution in [3.05, 3.63) is 69.8 Å². The number of hydrogen-bond donors (Lipinski definition) is 1. The van der Waals surface area contributed by atoms with E-state index in [9.17, 15) is 9.59 Å². The van der Waals surface area contributed by atoms with Crippen LogP contribution >= 0.6 is 15.9 Å². The maximum absolute atomic E-state index is 13.2. The summed E-state index contributed by atoms with van der Waals surface area (Å²) in [5.74, 6) is -0.0962. The summed E-state index contributed by atoms with van der Waals surface area (Å²) in [6.07, 6.45) is 1.87. The second-order valence-corrected chi connectivity index (χ2v) is 7.55. The Morgan fingerprint density at radius 3 is 2.43 bits per heavy atom. The van der Waals surface area contributed by atoms with Gasteiger partial charge in [-0.1, -0.05) is 52.3 Å². The van der Waals surface area contributed by atoms with Gasteiger partial charge < -0.3 is 20.3 Å². The van der Waals surface area contributed by atoms with Gasteiger partial charge in [-0.25, -0.2) is 0 Å². The third-order valence-electron chi connectivity index (χ3n) is 4.99. The van der Waals surface area contributed by atoms with E-state index in [1.165, 1.54) is 9.80 Å². The third-order valence-corrected chi connectivity index (χ3v) is 5.68. The number of methoxy groups -OCH3 is 1. The number of amides is 2. The molecule has 1 heterocycles. The normalized spacial score (nSPS) is 21.4. The molecular formula is C21H22BrN3O3. The van der Waals surface area contributed by atoms with Crippen molar-refractivity contribution in [2.45, 2.75) is 12.1 Å². The fraction of sp³-hybridized carbons (Fsp3) is 0.238. The molecule has 2 aromatic rings. The van der Waals surface area contributed by atoms with Crippen molar-refractivity contribution in [1.29, 1.82) is 0 Å². The number of ether oxygens (including phenoxy) is 1. The fourth-order valence-corrected chi connectivity index (χ4v) is 3.73. The Morgan fingerprint density at radius 2 is 1.79 bits per heavy atom. The van der Waals surface area contributed by atoms with Crippen LogP contribution in [-0.4, -0.2) is 48.5 Å². The van der Waals surface area contributed by atoms with E-state index in [1.54, 1.807) is 33.3 Å². The first-order valence-electron chi connectivity index (χ1n) is 8.73. The highest BCUT2D eigenvalue weighted by atomic mass is 79.9. The Kier molecular flexibility index (Phi) is 5.58. The Balaban J connectivity index is 2.02. The zero-order valence-electron chi connectivity index (χ0n) is 16.0. The summed E-state index contributed by atoms with van der Waals surface area (Å²) in [6, 6.07) is 14.9. The molecule has 3 rings (SSSR count). The first-order chi connectivity index (χ1) is 13.3. The van der Waals surface area contributed by atoms with Crippen LogP contribution in [0, 0.1) is 0 Å². The van der Waals surface area contributed by atoms with Crippen molar-refractivity contribution in [3.8, 4) is 5.75 Å². The number of rotatable bonds is 4. The minimum Gasteiger partial charge on any atom is -0.496 e. The number of halogens is 1. The first kappa shape index (κ1) is 20.1. The molecule has 2 N–H and O–H groups in total. The van der Waals surface area contributed by atoms with Crippen LogP contribution in [0.25, 0.3) is 6.08 Å². The van der Waals surface area contributed by atoms with Gasteiger partial charge in [0.2, 0.25) is 0 Å². The van der Waals surface area contributed by atoms with Gasteiger partial charge in [-0.15, -0.1) is 0 Å². The van der Waals surface area contributed by atoms with Crippen molar-refractivity contribution in [2.75, 3.05) is 21.2 Å². The molecule has 146 valence electrons. The number of nitrogens with zero attached hydrogens (tertiary/aromatic N) is 2. The van der Waals surface area contributed by atoms with E-state index < -0.39 is 5.66 Å². The maximum Gasteiger partial charge on any atom is 0.272 e. The standard InChI is InChI=1S/C21H22BrN3O3/c1-24-17(12-15-16(22)10-7-11-18(15)28-3)19(26)25(2)21(23,20(24)27)13-14-8-5-4-6-9-14/h4-12H,13,23H2,1-3H3/b17-12-. The van der Waals surface area contributed by atoms with Gasteiger partial charge in [0.1, 0.15) is 11.4 Å². The largest absolute Gasteiger partial charge is 0.496 e. The number of nitrogens with two attached hydrogens (primary N) is 1. The van der Waals surface area contributed by atoms with Gasteiger partial charge >= 0.3 is 0 Å². The topological polar surface area (TPSA) is 75.9 Å². The highest BCUT2D eigenvalue weighted by Gasteiger charge is 2.49. The minimum atomic E-state index is -1.46. The second-order valence-electron chi connectivity index (χ2n) is 6.70. The van der Waals surface area contributed by atoms with Gasteiger partial charge in [0.15, 0.2) is 5.66 Å². The van der Waals surface area contributed by atoms with Crippen LogP contribution in [-0.2, 0) is 16.0 Å². The molecule has 1 aliphatic heterocycles. The summed E-state index contributed by atoms with van der Waals surface area (Å²) in [7, 11) is 4.68. The molecule has 2 aromatic carbocycles. The molecule has 1 unspecified atom stereocenters. The van der Waals surface area contributed by atoms with Crippen LogP contribution < -0.4 is 10.5 Å². The molecule has 2 amide bonds. The minimum absolute atomic E-state index is 0.227. The molecule has 28 heavy (non-hydrogen) atoms. The molecule has 0 radical (unpaired) electrons. The summed E-state index contributed by atoms with van der Waals surface area (Å²) in [6.45, 7) is 0. The van der Waals surface area contributed by atoms with Crippen molar-refractivity contribution in [1.82, 2.24) is 9.80 Å². The number of carbonyl (C=O) groups excluding carboxylic acids is 2. The molecule has 0 bridgehead atoms. The van der Waals surface area contributed by atoms with E-state index in [4.69, 9.17) is 10.5 Å². The molecule has 1 atom stereocenters. The molecule has 0 saturated carbocycles. The summed E-state index contributed by atoms with van der Waals surface area (Å²) in [5, 5.41) is 0. The molecule has 1 fully saturated rings. The predicted octanol–water partition coefficient (Wildman–Crippen LogP) is 2.63. The Hall–Kier alpha value is -2.64. The molecule has 7 heteroatoms. The third kappa shape index (κ3) is 3.43. The summed E-state index contributed by atoms with van der Waals surface area (Å²) < 4.78 is 6.14. The molecule has 1 saturated heterocycles.